The normalized spacial score (nSPS) is 10.5. The Hall–Kier alpha value is -1.68. The average molecular weight is 248 g/mol. The molecule has 4 heteroatoms. The third-order valence-electron chi connectivity index (χ3n) is 2.19. The Kier molecular flexibility index (Phi) is 3.54. The van der Waals surface area contributed by atoms with E-state index in [0.29, 0.717) is 5.69 Å². The van der Waals surface area contributed by atoms with Gasteiger partial charge in [0.1, 0.15) is 5.75 Å². The van der Waals surface area contributed by atoms with E-state index in [4.69, 9.17) is 10.5 Å². The summed E-state index contributed by atoms with van der Waals surface area (Å²) in [5.41, 5.74) is 8.58. The quantitative estimate of drug-likeness (QED) is 0.808. The van der Waals surface area contributed by atoms with E-state index in [1.165, 1.54) is 0 Å². The number of anilines is 3. The first kappa shape index (κ1) is 11.8. The molecule has 0 saturated carbocycles. The summed E-state index contributed by atoms with van der Waals surface area (Å²) >= 11 is 1.66. The van der Waals surface area contributed by atoms with E-state index in [1.807, 2.05) is 43.5 Å². The van der Waals surface area contributed by atoms with E-state index in [1.54, 1.807) is 11.3 Å². The zero-order chi connectivity index (χ0) is 12.3. The number of nitrogens with one attached hydrogen (secondary N) is 1. The molecule has 1 heterocycles. The standard InChI is InChI=1S/C13H16N2OS/c1-9(2)16-13-7-10(3-4-12(13)14)15-11-5-6-17-8-11/h3-9,15H,14H2,1-2H3. The van der Waals surface area contributed by atoms with Crippen LogP contribution in [0.1, 0.15) is 13.8 Å². The van der Waals surface area contributed by atoms with Crippen LogP contribution in [0.25, 0.3) is 0 Å². The Labute approximate surface area is 105 Å². The molecule has 3 nitrogen and oxygen atoms in total. The van der Waals surface area contributed by atoms with Gasteiger partial charge in [-0.05, 0) is 37.4 Å². The fraction of sp³-hybridized carbons (Fsp3) is 0.231. The van der Waals surface area contributed by atoms with E-state index in [2.05, 4.69) is 10.7 Å². The molecule has 0 aliphatic carbocycles. The molecule has 3 N–H and O–H groups in total. The lowest BCUT2D eigenvalue weighted by atomic mass is 10.2. The summed E-state index contributed by atoms with van der Waals surface area (Å²) in [6.45, 7) is 3.97. The lowest BCUT2D eigenvalue weighted by Gasteiger charge is -2.13. The van der Waals surface area contributed by atoms with Gasteiger partial charge < -0.3 is 15.8 Å². The van der Waals surface area contributed by atoms with Crippen molar-refractivity contribution in [3.05, 3.63) is 35.0 Å². The number of benzene rings is 1. The summed E-state index contributed by atoms with van der Waals surface area (Å²) in [5, 5.41) is 7.39. The molecule has 0 saturated heterocycles. The lowest BCUT2D eigenvalue weighted by Crippen LogP contribution is -2.07. The summed E-state index contributed by atoms with van der Waals surface area (Å²) in [6.07, 6.45) is 0.119. The van der Waals surface area contributed by atoms with Crippen molar-refractivity contribution in [3.8, 4) is 5.75 Å². The van der Waals surface area contributed by atoms with Crippen molar-refractivity contribution >= 4 is 28.4 Å². The average Bonchev–Trinajstić information content (AvgIpc) is 2.75. The van der Waals surface area contributed by atoms with E-state index in [9.17, 15) is 0 Å². The number of thiophene rings is 1. The molecule has 0 spiro atoms. The summed E-state index contributed by atoms with van der Waals surface area (Å²) in [4.78, 5) is 0. The number of rotatable bonds is 4. The molecular weight excluding hydrogens is 232 g/mol. The molecule has 0 aliphatic rings. The van der Waals surface area contributed by atoms with Gasteiger partial charge in [-0.2, -0.15) is 11.3 Å². The van der Waals surface area contributed by atoms with Crippen LogP contribution in [0.2, 0.25) is 0 Å². The number of ether oxygens (including phenoxy) is 1. The highest BCUT2D eigenvalue weighted by Crippen LogP contribution is 2.28. The van der Waals surface area contributed by atoms with Crippen LogP contribution in [0.5, 0.6) is 5.75 Å². The molecule has 0 radical (unpaired) electrons. The Balaban J connectivity index is 2.18. The van der Waals surface area contributed by atoms with Crippen LogP contribution < -0.4 is 15.8 Å². The van der Waals surface area contributed by atoms with Gasteiger partial charge in [-0.1, -0.05) is 0 Å². The third-order valence-corrected chi connectivity index (χ3v) is 2.87. The maximum absolute atomic E-state index is 5.86. The molecule has 0 unspecified atom stereocenters. The highest BCUT2D eigenvalue weighted by Gasteiger charge is 2.04. The smallest absolute Gasteiger partial charge is 0.144 e. The summed E-state index contributed by atoms with van der Waals surface area (Å²) in [6, 6.07) is 7.75. The molecule has 1 aromatic carbocycles. The Morgan fingerprint density at radius 1 is 1.24 bits per heavy atom. The molecule has 17 heavy (non-hydrogen) atoms. The summed E-state index contributed by atoms with van der Waals surface area (Å²) in [5.74, 6) is 0.722. The van der Waals surface area contributed by atoms with Gasteiger partial charge in [-0.25, -0.2) is 0 Å². The van der Waals surface area contributed by atoms with Gasteiger partial charge in [0.25, 0.3) is 0 Å². The van der Waals surface area contributed by atoms with Crippen molar-refractivity contribution in [2.45, 2.75) is 20.0 Å². The maximum atomic E-state index is 5.86. The Morgan fingerprint density at radius 3 is 2.71 bits per heavy atom. The van der Waals surface area contributed by atoms with E-state index in [0.717, 1.165) is 17.1 Å². The van der Waals surface area contributed by atoms with Gasteiger partial charge in [-0.15, -0.1) is 0 Å². The molecule has 2 rings (SSSR count). The van der Waals surface area contributed by atoms with Crippen LogP contribution in [0.15, 0.2) is 35.0 Å². The zero-order valence-corrected chi connectivity index (χ0v) is 10.8. The Morgan fingerprint density at radius 2 is 2.06 bits per heavy atom. The number of hydrogen-bond acceptors (Lipinski definition) is 4. The van der Waals surface area contributed by atoms with Crippen molar-refractivity contribution in [1.82, 2.24) is 0 Å². The second-order valence-corrected chi connectivity index (χ2v) is 4.84. The first-order valence-corrected chi connectivity index (χ1v) is 6.45. The molecule has 0 atom stereocenters. The Bertz CT molecular complexity index is 480. The minimum absolute atomic E-state index is 0.119. The minimum atomic E-state index is 0.119. The molecule has 90 valence electrons. The first-order valence-electron chi connectivity index (χ1n) is 5.50. The van der Waals surface area contributed by atoms with E-state index in [-0.39, 0.29) is 6.10 Å². The molecule has 0 fully saturated rings. The van der Waals surface area contributed by atoms with Crippen molar-refractivity contribution in [2.75, 3.05) is 11.1 Å². The number of nitrogen functional groups attached to an aromatic ring is 1. The SMILES string of the molecule is CC(C)Oc1cc(Nc2ccsc2)ccc1N. The zero-order valence-electron chi connectivity index (χ0n) is 9.94. The molecule has 0 amide bonds. The fourth-order valence-corrected chi connectivity index (χ4v) is 2.06. The first-order chi connectivity index (χ1) is 8.15. The second kappa shape index (κ2) is 5.10. The summed E-state index contributed by atoms with van der Waals surface area (Å²) < 4.78 is 5.64. The van der Waals surface area contributed by atoms with Crippen LogP contribution in [0, 0.1) is 0 Å². The van der Waals surface area contributed by atoms with Crippen molar-refractivity contribution in [2.24, 2.45) is 0 Å². The highest BCUT2D eigenvalue weighted by molar-refractivity contribution is 7.08. The van der Waals surface area contributed by atoms with Crippen LogP contribution in [0.4, 0.5) is 17.1 Å². The topological polar surface area (TPSA) is 47.3 Å². The molecule has 2 aromatic rings. The van der Waals surface area contributed by atoms with Crippen LogP contribution in [-0.2, 0) is 0 Å². The fourth-order valence-electron chi connectivity index (χ4n) is 1.47. The van der Waals surface area contributed by atoms with Gasteiger partial charge in [0.05, 0.1) is 11.8 Å². The van der Waals surface area contributed by atoms with E-state index < -0.39 is 0 Å². The van der Waals surface area contributed by atoms with E-state index >= 15 is 0 Å². The summed E-state index contributed by atoms with van der Waals surface area (Å²) in [7, 11) is 0. The predicted octanol–water partition coefficient (Wildman–Crippen LogP) is 3.86. The van der Waals surface area contributed by atoms with Gasteiger partial charge in [0.2, 0.25) is 0 Å². The predicted molar refractivity (Wildman–Crippen MR) is 74.2 cm³/mol. The van der Waals surface area contributed by atoms with Crippen molar-refractivity contribution < 1.29 is 4.74 Å². The maximum Gasteiger partial charge on any atom is 0.144 e. The molecular formula is C13H16N2OS. The van der Waals surface area contributed by atoms with Gasteiger partial charge in [-0.3, -0.25) is 0 Å². The largest absolute Gasteiger partial charge is 0.489 e. The van der Waals surface area contributed by atoms with Crippen LogP contribution in [0.3, 0.4) is 0 Å². The molecule has 1 aromatic heterocycles. The van der Waals surface area contributed by atoms with Gasteiger partial charge >= 0.3 is 0 Å². The molecule has 0 aliphatic heterocycles. The number of nitrogens with two attached hydrogens (primary N) is 1. The van der Waals surface area contributed by atoms with Crippen molar-refractivity contribution in [3.63, 3.8) is 0 Å². The van der Waals surface area contributed by atoms with Crippen molar-refractivity contribution in [1.29, 1.82) is 0 Å². The minimum Gasteiger partial charge on any atom is -0.489 e. The highest BCUT2D eigenvalue weighted by atomic mass is 32.1. The second-order valence-electron chi connectivity index (χ2n) is 4.06. The molecule has 0 bridgehead atoms. The van der Waals surface area contributed by atoms with Gasteiger partial charge in [0, 0.05) is 22.8 Å². The van der Waals surface area contributed by atoms with Gasteiger partial charge in [0.15, 0.2) is 0 Å². The number of hydrogen-bond donors (Lipinski definition) is 2. The third kappa shape index (κ3) is 3.14. The monoisotopic (exact) mass is 248 g/mol. The van der Waals surface area contributed by atoms with Crippen LogP contribution in [-0.4, -0.2) is 6.10 Å². The lowest BCUT2D eigenvalue weighted by molar-refractivity contribution is 0.244. The van der Waals surface area contributed by atoms with Crippen LogP contribution >= 0.6 is 11.3 Å².